The summed E-state index contributed by atoms with van der Waals surface area (Å²) >= 11 is 0. The van der Waals surface area contributed by atoms with Crippen molar-refractivity contribution >= 4 is 44.6 Å². The fraction of sp³-hybridized carbons (Fsp3) is 0.105. The molecule has 6 aromatic rings. The molecule has 1 unspecified atom stereocenters. The number of benzene rings is 5. The minimum atomic E-state index is -0.508. The SMILES string of the molecule is CN1C=CN(c2[c-]c3c(cc2)-n2c4ccccc4c4cccc(c42)C3(C)c2[c-]c(N3[CH-]N(C)c4ccccc43)ccc2)[CH-]1.[Pt+4]. The van der Waals surface area contributed by atoms with Crippen LogP contribution in [0.3, 0.4) is 0 Å². The van der Waals surface area contributed by atoms with E-state index in [1.807, 2.05) is 7.05 Å². The number of hydrogen-bond acceptors (Lipinski definition) is 4. The molecule has 0 radical (unpaired) electrons. The van der Waals surface area contributed by atoms with Gasteiger partial charge in [-0.2, -0.15) is 43.7 Å². The van der Waals surface area contributed by atoms with E-state index < -0.39 is 5.41 Å². The van der Waals surface area contributed by atoms with Crippen LogP contribution >= 0.6 is 0 Å². The summed E-state index contributed by atoms with van der Waals surface area (Å²) in [7, 11) is 4.14. The zero-order valence-corrected chi connectivity index (χ0v) is 26.9. The zero-order valence-electron chi connectivity index (χ0n) is 24.6. The first-order valence-corrected chi connectivity index (χ1v) is 14.6. The molecule has 1 aromatic heterocycles. The second-order valence-electron chi connectivity index (χ2n) is 11.8. The van der Waals surface area contributed by atoms with Crippen molar-refractivity contribution in [2.75, 3.05) is 28.8 Å². The molecule has 3 aliphatic rings. The summed E-state index contributed by atoms with van der Waals surface area (Å²) in [6.45, 7) is 6.58. The fourth-order valence-electron chi connectivity index (χ4n) is 7.22. The molecule has 6 heteroatoms. The molecule has 1 atom stereocenters. The van der Waals surface area contributed by atoms with Crippen LogP contribution in [0.5, 0.6) is 0 Å². The molecule has 5 aromatic carbocycles. The first kappa shape index (κ1) is 27.1. The maximum atomic E-state index is 3.91. The van der Waals surface area contributed by atoms with Gasteiger partial charge in [0.2, 0.25) is 0 Å². The average Bonchev–Trinajstić information content (AvgIpc) is 3.74. The normalized spacial score (nSPS) is 18.2. The third kappa shape index (κ3) is 3.63. The molecule has 0 spiro atoms. The third-order valence-electron chi connectivity index (χ3n) is 9.32. The van der Waals surface area contributed by atoms with Crippen LogP contribution in [0.4, 0.5) is 22.7 Å². The van der Waals surface area contributed by atoms with Crippen molar-refractivity contribution in [1.82, 2.24) is 9.47 Å². The van der Waals surface area contributed by atoms with E-state index in [1.54, 1.807) is 0 Å². The van der Waals surface area contributed by atoms with Crippen molar-refractivity contribution in [3.05, 3.63) is 152 Å². The van der Waals surface area contributed by atoms with Gasteiger partial charge in [0.15, 0.2) is 0 Å². The Kier molecular flexibility index (Phi) is 6.02. The van der Waals surface area contributed by atoms with Gasteiger partial charge in [-0.05, 0) is 50.3 Å². The number of rotatable bonds is 3. The van der Waals surface area contributed by atoms with Gasteiger partial charge < -0.3 is 24.2 Å². The smallest absolute Gasteiger partial charge is 0.510 e. The maximum Gasteiger partial charge on any atom is 4.00 e. The van der Waals surface area contributed by atoms with E-state index in [0.29, 0.717) is 0 Å². The van der Waals surface area contributed by atoms with Crippen LogP contribution in [-0.4, -0.2) is 23.6 Å². The van der Waals surface area contributed by atoms with Crippen LogP contribution in [-0.2, 0) is 26.5 Å². The fourth-order valence-corrected chi connectivity index (χ4v) is 7.22. The number of anilines is 4. The number of aromatic nitrogens is 1. The quantitative estimate of drug-likeness (QED) is 0.170. The topological polar surface area (TPSA) is 17.9 Å². The predicted molar refractivity (Wildman–Crippen MR) is 175 cm³/mol. The monoisotopic (exact) mass is 750 g/mol. The Morgan fingerprint density at radius 1 is 0.659 bits per heavy atom. The van der Waals surface area contributed by atoms with Gasteiger partial charge in [-0.3, -0.25) is 0 Å². The van der Waals surface area contributed by atoms with E-state index in [2.05, 4.69) is 173 Å². The van der Waals surface area contributed by atoms with E-state index in [-0.39, 0.29) is 21.1 Å². The van der Waals surface area contributed by atoms with Gasteiger partial charge in [-0.25, -0.2) is 0 Å². The van der Waals surface area contributed by atoms with Crippen LogP contribution in [0, 0.1) is 25.5 Å². The molecule has 4 heterocycles. The Hall–Kier alpha value is -4.47. The van der Waals surface area contributed by atoms with Gasteiger partial charge in [0.05, 0.1) is 0 Å². The molecular weight excluding hydrogens is 722 g/mol. The summed E-state index contributed by atoms with van der Waals surface area (Å²) < 4.78 is 2.44. The summed E-state index contributed by atoms with van der Waals surface area (Å²) in [6, 6.07) is 42.8. The molecule has 0 aliphatic carbocycles. The molecule has 9 rings (SSSR count). The first-order valence-electron chi connectivity index (χ1n) is 14.6. The summed E-state index contributed by atoms with van der Waals surface area (Å²) in [6.07, 6.45) is 4.14. The van der Waals surface area contributed by atoms with E-state index in [4.69, 9.17) is 0 Å². The second-order valence-corrected chi connectivity index (χ2v) is 11.8. The van der Waals surface area contributed by atoms with Crippen LogP contribution < -0.4 is 14.7 Å². The summed E-state index contributed by atoms with van der Waals surface area (Å²) in [5, 5.41) is 2.53. The molecule has 216 valence electrons. The first-order chi connectivity index (χ1) is 21.0. The largest absolute Gasteiger partial charge is 4.00 e. The molecule has 0 bridgehead atoms. The van der Waals surface area contributed by atoms with Gasteiger partial charge in [0.25, 0.3) is 0 Å². The minimum Gasteiger partial charge on any atom is -0.510 e. The van der Waals surface area contributed by atoms with Crippen molar-refractivity contribution in [1.29, 1.82) is 0 Å². The summed E-state index contributed by atoms with van der Waals surface area (Å²) in [5.74, 6) is 0. The van der Waals surface area contributed by atoms with E-state index in [1.165, 1.54) is 33.1 Å². The minimum absolute atomic E-state index is 0. The molecule has 0 saturated carbocycles. The number of fused-ring (bicyclic) bond motifs is 6. The van der Waals surface area contributed by atoms with Crippen LogP contribution in [0.1, 0.15) is 23.6 Å². The Bertz CT molecular complexity index is 2130. The van der Waals surface area contributed by atoms with E-state index in [0.717, 1.165) is 33.9 Å². The third-order valence-corrected chi connectivity index (χ3v) is 9.32. The molecule has 0 N–H and O–H groups in total. The van der Waals surface area contributed by atoms with E-state index >= 15 is 0 Å². The molecular formula is C38H29N5Pt. The van der Waals surface area contributed by atoms with Crippen molar-refractivity contribution in [3.63, 3.8) is 0 Å². The van der Waals surface area contributed by atoms with Gasteiger partial charge >= 0.3 is 21.1 Å². The van der Waals surface area contributed by atoms with Crippen molar-refractivity contribution in [2.24, 2.45) is 0 Å². The van der Waals surface area contributed by atoms with Crippen molar-refractivity contribution in [2.45, 2.75) is 12.3 Å². The van der Waals surface area contributed by atoms with Gasteiger partial charge in [-0.15, -0.1) is 34.6 Å². The average molecular weight is 751 g/mol. The Morgan fingerprint density at radius 3 is 2.27 bits per heavy atom. The van der Waals surface area contributed by atoms with Crippen LogP contribution in [0.2, 0.25) is 0 Å². The van der Waals surface area contributed by atoms with Crippen LogP contribution in [0.25, 0.3) is 27.5 Å². The molecule has 0 saturated heterocycles. The second kappa shape index (κ2) is 9.77. The Labute approximate surface area is 272 Å². The van der Waals surface area contributed by atoms with Crippen molar-refractivity contribution < 1.29 is 21.1 Å². The number of nitrogens with zero attached hydrogens (tertiary/aromatic N) is 5. The molecule has 0 amide bonds. The zero-order chi connectivity index (χ0) is 28.9. The summed E-state index contributed by atoms with van der Waals surface area (Å²) in [5.41, 5.74) is 11.0. The van der Waals surface area contributed by atoms with Gasteiger partial charge in [-0.1, -0.05) is 61.1 Å². The predicted octanol–water partition coefficient (Wildman–Crippen LogP) is 8.10. The Balaban J connectivity index is 0.00000289. The Morgan fingerprint density at radius 2 is 1.43 bits per heavy atom. The van der Waals surface area contributed by atoms with Gasteiger partial charge in [0.1, 0.15) is 0 Å². The maximum absolute atomic E-state index is 3.91. The standard InChI is InChI=1S/C38H29N5.Pt/c1-38(26-10-8-11-28(22-26)42-25-40(3)35-16-6-7-17-36(35)42)31-14-9-13-30-29-12-4-5-15-33(29)43(37(30)31)34-19-18-27(23-32(34)38)41-21-20-39(2)24-41;/h4-21,24-25H,1-3H3;/q-4;+4. The molecule has 5 nitrogen and oxygen atoms in total. The van der Waals surface area contributed by atoms with Crippen molar-refractivity contribution in [3.8, 4) is 5.69 Å². The number of hydrogen-bond donors (Lipinski definition) is 0. The molecule has 44 heavy (non-hydrogen) atoms. The molecule has 0 fully saturated rings. The number of para-hydroxylation sites is 4. The molecule has 3 aliphatic heterocycles. The van der Waals surface area contributed by atoms with Crippen LogP contribution in [0.15, 0.2) is 109 Å². The van der Waals surface area contributed by atoms with E-state index in [9.17, 15) is 0 Å². The van der Waals surface area contributed by atoms with Gasteiger partial charge in [0, 0.05) is 38.6 Å². The summed E-state index contributed by atoms with van der Waals surface area (Å²) in [4.78, 5) is 8.60.